The average molecular weight is 480 g/mol. The molecule has 8 heteroatoms. The molecular formula is C27H37N5O3. The molecule has 2 aromatic rings. The van der Waals surface area contributed by atoms with Crippen molar-refractivity contribution in [3.05, 3.63) is 53.1 Å². The minimum Gasteiger partial charge on any atom is -0.395 e. The van der Waals surface area contributed by atoms with Crippen molar-refractivity contribution < 1.29 is 14.7 Å². The van der Waals surface area contributed by atoms with Crippen molar-refractivity contribution in [3.8, 4) is 0 Å². The first-order valence-electron chi connectivity index (χ1n) is 12.9. The normalized spacial score (nSPS) is 16.7. The van der Waals surface area contributed by atoms with E-state index in [2.05, 4.69) is 38.8 Å². The van der Waals surface area contributed by atoms with Crippen LogP contribution in [0.3, 0.4) is 0 Å². The number of carbonyl (C=O) groups excluding carboxylic acids is 2. The highest BCUT2D eigenvalue weighted by Gasteiger charge is 2.25. The Kier molecular flexibility index (Phi) is 8.71. The fourth-order valence-corrected chi connectivity index (χ4v) is 4.96. The van der Waals surface area contributed by atoms with Crippen LogP contribution in [0.2, 0.25) is 0 Å². The van der Waals surface area contributed by atoms with Gasteiger partial charge in [-0.1, -0.05) is 19.1 Å². The number of anilines is 1. The van der Waals surface area contributed by atoms with Gasteiger partial charge in [0.25, 0.3) is 5.91 Å². The fraction of sp³-hybridized carbons (Fsp3) is 0.519. The first kappa shape index (κ1) is 25.1. The van der Waals surface area contributed by atoms with Gasteiger partial charge < -0.3 is 25.6 Å². The third-order valence-electron chi connectivity index (χ3n) is 7.04. The van der Waals surface area contributed by atoms with E-state index in [0.29, 0.717) is 18.3 Å². The number of hydrogen-bond donors (Lipinski definition) is 4. The van der Waals surface area contributed by atoms with Crippen molar-refractivity contribution in [2.75, 3.05) is 38.1 Å². The Hall–Kier alpha value is -2.97. The van der Waals surface area contributed by atoms with Gasteiger partial charge in [-0.15, -0.1) is 0 Å². The molecule has 1 saturated heterocycles. The summed E-state index contributed by atoms with van der Waals surface area (Å²) >= 11 is 0. The standard InChI is InChI=1S/C27H37N5O3/c1-2-22-17-29-26(30-22)27(35)31-24-9-8-21(16-23(24)20-6-4-3-5-7-20)19-10-13-32(14-11-19)25(34)18-28-12-15-33/h6,8-9,16-17,19,28,33H,2-5,7,10-15,18H2,1H3,(H,29,30)(H,31,35). The van der Waals surface area contributed by atoms with E-state index in [1.165, 1.54) is 17.6 Å². The molecule has 2 heterocycles. The van der Waals surface area contributed by atoms with Gasteiger partial charge in [0.1, 0.15) is 0 Å². The van der Waals surface area contributed by atoms with Crippen LogP contribution in [0.4, 0.5) is 5.69 Å². The van der Waals surface area contributed by atoms with Crippen molar-refractivity contribution in [2.45, 2.75) is 57.8 Å². The molecule has 0 bridgehead atoms. The number of benzene rings is 1. The molecule has 4 N–H and O–H groups in total. The number of aliphatic hydroxyl groups is 1. The maximum Gasteiger partial charge on any atom is 0.291 e. The molecule has 8 nitrogen and oxygen atoms in total. The largest absolute Gasteiger partial charge is 0.395 e. The molecule has 0 atom stereocenters. The van der Waals surface area contributed by atoms with Crippen molar-refractivity contribution in [1.82, 2.24) is 20.2 Å². The highest BCUT2D eigenvalue weighted by molar-refractivity contribution is 6.03. The number of aryl methyl sites for hydroxylation is 1. The Bertz CT molecular complexity index is 1050. The Morgan fingerprint density at radius 1 is 1.23 bits per heavy atom. The van der Waals surface area contributed by atoms with Crippen molar-refractivity contribution in [1.29, 1.82) is 0 Å². The van der Waals surface area contributed by atoms with Gasteiger partial charge in [0.05, 0.1) is 13.2 Å². The Morgan fingerprint density at radius 2 is 2.06 bits per heavy atom. The summed E-state index contributed by atoms with van der Waals surface area (Å²) in [5.41, 5.74) is 5.43. The molecular weight excluding hydrogens is 442 g/mol. The van der Waals surface area contributed by atoms with E-state index in [1.807, 2.05) is 17.9 Å². The van der Waals surface area contributed by atoms with E-state index < -0.39 is 0 Å². The molecule has 0 saturated carbocycles. The van der Waals surface area contributed by atoms with Crippen LogP contribution in [0.1, 0.15) is 78.8 Å². The number of likely N-dealkylation sites (tertiary alicyclic amines) is 1. The van der Waals surface area contributed by atoms with Crippen LogP contribution in [-0.2, 0) is 11.2 Å². The van der Waals surface area contributed by atoms with Gasteiger partial charge >= 0.3 is 0 Å². The number of allylic oxidation sites excluding steroid dienone is 2. The van der Waals surface area contributed by atoms with Gasteiger partial charge in [-0.05, 0) is 74.1 Å². The van der Waals surface area contributed by atoms with Crippen LogP contribution < -0.4 is 10.6 Å². The molecule has 35 heavy (non-hydrogen) atoms. The number of rotatable bonds is 9. The molecule has 0 radical (unpaired) electrons. The van der Waals surface area contributed by atoms with Gasteiger partial charge in [0.15, 0.2) is 5.82 Å². The van der Waals surface area contributed by atoms with Crippen LogP contribution >= 0.6 is 0 Å². The van der Waals surface area contributed by atoms with Crippen molar-refractivity contribution >= 4 is 23.1 Å². The van der Waals surface area contributed by atoms with Gasteiger partial charge in [-0.3, -0.25) is 9.59 Å². The molecule has 2 aliphatic rings. The smallest absolute Gasteiger partial charge is 0.291 e. The second kappa shape index (κ2) is 12.1. The molecule has 0 unspecified atom stereocenters. The number of piperidine rings is 1. The summed E-state index contributed by atoms with van der Waals surface area (Å²) in [5.74, 6) is 0.582. The SMILES string of the molecule is CCc1cnc(C(=O)Nc2ccc(C3CCN(C(=O)CNCCO)CC3)cc2C2=CCCCC2)[nH]1. The highest BCUT2D eigenvalue weighted by atomic mass is 16.3. The second-order valence-corrected chi connectivity index (χ2v) is 9.40. The second-order valence-electron chi connectivity index (χ2n) is 9.40. The number of amides is 2. The minimum atomic E-state index is -0.225. The fourth-order valence-electron chi connectivity index (χ4n) is 4.96. The molecule has 1 aromatic heterocycles. The lowest BCUT2D eigenvalue weighted by Crippen LogP contribution is -2.43. The summed E-state index contributed by atoms with van der Waals surface area (Å²) in [6.45, 7) is 4.23. The number of carbonyl (C=O) groups is 2. The third kappa shape index (κ3) is 6.38. The van der Waals surface area contributed by atoms with Crippen LogP contribution in [0.15, 0.2) is 30.5 Å². The van der Waals surface area contributed by atoms with E-state index in [9.17, 15) is 9.59 Å². The van der Waals surface area contributed by atoms with Crippen molar-refractivity contribution in [3.63, 3.8) is 0 Å². The lowest BCUT2D eigenvalue weighted by molar-refractivity contribution is -0.131. The summed E-state index contributed by atoms with van der Waals surface area (Å²) in [7, 11) is 0. The Morgan fingerprint density at radius 3 is 2.74 bits per heavy atom. The Balaban J connectivity index is 1.48. The third-order valence-corrected chi connectivity index (χ3v) is 7.04. The first-order valence-corrected chi connectivity index (χ1v) is 12.9. The number of aromatic nitrogens is 2. The summed E-state index contributed by atoms with van der Waals surface area (Å²) in [5, 5.41) is 14.9. The van der Waals surface area contributed by atoms with Gasteiger partial charge in [-0.2, -0.15) is 0 Å². The Labute approximate surface area is 207 Å². The van der Waals surface area contributed by atoms with E-state index >= 15 is 0 Å². The molecule has 1 aromatic carbocycles. The number of nitrogens with one attached hydrogen (secondary N) is 3. The number of H-pyrrole nitrogens is 1. The number of imidazole rings is 1. The highest BCUT2D eigenvalue weighted by Crippen LogP contribution is 2.36. The summed E-state index contributed by atoms with van der Waals surface area (Å²) in [6.07, 6.45) is 11.1. The van der Waals surface area contributed by atoms with Crippen LogP contribution in [-0.4, -0.2) is 64.6 Å². The number of hydrogen-bond acceptors (Lipinski definition) is 5. The monoisotopic (exact) mass is 479 g/mol. The van der Waals surface area contributed by atoms with Crippen LogP contribution in [0.25, 0.3) is 5.57 Å². The van der Waals surface area contributed by atoms with Gasteiger partial charge in [0.2, 0.25) is 5.91 Å². The van der Waals surface area contributed by atoms with E-state index in [-0.39, 0.29) is 25.0 Å². The molecule has 2 amide bonds. The quantitative estimate of drug-likeness (QED) is 0.412. The predicted molar refractivity (Wildman–Crippen MR) is 137 cm³/mol. The minimum absolute atomic E-state index is 0.0336. The lowest BCUT2D eigenvalue weighted by atomic mass is 9.85. The van der Waals surface area contributed by atoms with E-state index in [4.69, 9.17) is 5.11 Å². The molecule has 188 valence electrons. The molecule has 1 aliphatic carbocycles. The lowest BCUT2D eigenvalue weighted by Gasteiger charge is -2.33. The molecule has 1 aliphatic heterocycles. The maximum absolute atomic E-state index is 12.9. The average Bonchev–Trinajstić information content (AvgIpc) is 3.39. The zero-order valence-electron chi connectivity index (χ0n) is 20.6. The number of nitrogens with zero attached hydrogens (tertiary/aromatic N) is 2. The summed E-state index contributed by atoms with van der Waals surface area (Å²) in [6, 6.07) is 6.39. The molecule has 0 spiro atoms. The predicted octanol–water partition coefficient (Wildman–Crippen LogP) is 3.47. The van der Waals surface area contributed by atoms with Crippen molar-refractivity contribution in [2.24, 2.45) is 0 Å². The first-order chi connectivity index (χ1) is 17.1. The summed E-state index contributed by atoms with van der Waals surface area (Å²) in [4.78, 5) is 34.5. The summed E-state index contributed by atoms with van der Waals surface area (Å²) < 4.78 is 0. The maximum atomic E-state index is 12.9. The van der Waals surface area contributed by atoms with E-state index in [0.717, 1.165) is 68.6 Å². The molecule has 1 fully saturated rings. The van der Waals surface area contributed by atoms with Crippen LogP contribution in [0.5, 0.6) is 0 Å². The zero-order valence-corrected chi connectivity index (χ0v) is 20.6. The van der Waals surface area contributed by atoms with E-state index in [1.54, 1.807) is 6.20 Å². The zero-order chi connectivity index (χ0) is 24.6. The number of aliphatic hydroxyl groups excluding tert-OH is 1. The van der Waals surface area contributed by atoms with Crippen LogP contribution in [0, 0.1) is 0 Å². The topological polar surface area (TPSA) is 110 Å². The molecule has 4 rings (SSSR count). The van der Waals surface area contributed by atoms with Gasteiger partial charge in [0, 0.05) is 42.8 Å². The number of aromatic amines is 1. The van der Waals surface area contributed by atoms with Gasteiger partial charge in [-0.25, -0.2) is 4.98 Å².